The molecule has 4 aromatic carbocycles. The maximum absolute atomic E-state index is 8.85. The van der Waals surface area contributed by atoms with Gasteiger partial charge in [-0.15, -0.1) is 0 Å². The highest BCUT2D eigenvalue weighted by Gasteiger charge is 2.29. The van der Waals surface area contributed by atoms with Gasteiger partial charge in [0.15, 0.2) is 47.1 Å². The lowest BCUT2D eigenvalue weighted by Gasteiger charge is -2.16. The number of furan rings is 4. The molecule has 0 saturated heterocycles. The molecular formula is C102H118N8O4+4. The van der Waals surface area contributed by atoms with E-state index in [4.69, 9.17) is 40.5 Å². The molecule has 0 radical (unpaired) electrons. The SMILES string of the molecule is Cc1ccc2c(oc3nc(C(C)(C)C)ccc32)c1-c1ccc(C(C)C)c[n+]1C.[2H]C([2H])([2H])C(C)(Cc1ccc2c(n1)oc1c(-c3ccc(C(C)C)c[n+]3C)c(C)ccc12)C([2H])([2H])[2H].[2H]C([2H])([2H])C([2H])(C)Cc1ccc2c(n1)oc1c(-c3ccc(C(C)C)c[n+]3C)c(C)ccc12.[2H]C1([2H])CCCC1([2H])c1ccc2c(n1)oc1c(-c3ccc(C(C)C)c[n+]3C)c(C)ccc12. The number of fused-ring (bicyclic) bond motifs is 12. The highest BCUT2D eigenvalue weighted by Crippen LogP contribution is 2.43. The molecule has 0 spiro atoms. The third kappa shape index (κ3) is 16.1. The zero-order chi connectivity index (χ0) is 92.4. The molecule has 1 aliphatic rings. The Morgan fingerprint density at radius 3 is 1.08 bits per heavy atom. The highest BCUT2D eigenvalue weighted by atomic mass is 16.4. The molecule has 2 atom stereocenters. The Bertz CT molecular complexity index is 6920. The van der Waals surface area contributed by atoms with Crippen molar-refractivity contribution in [2.24, 2.45) is 39.5 Å². The minimum absolute atomic E-state index is 0.00890. The summed E-state index contributed by atoms with van der Waals surface area (Å²) in [7, 11) is 8.23. The minimum Gasteiger partial charge on any atom is -0.437 e. The molecule has 12 aromatic heterocycles. The van der Waals surface area contributed by atoms with Crippen LogP contribution in [-0.4, -0.2) is 19.9 Å². The molecular weight excluding hydrogens is 1400 g/mol. The molecule has 2 unspecified atom stereocenters. The number of hydrogen-bond donors (Lipinski definition) is 0. The van der Waals surface area contributed by atoms with Crippen LogP contribution in [0.5, 0.6) is 0 Å². The summed E-state index contributed by atoms with van der Waals surface area (Å²) >= 11 is 0. The molecule has 0 amide bonds. The van der Waals surface area contributed by atoms with E-state index in [1.807, 2.05) is 57.4 Å². The van der Waals surface area contributed by atoms with Crippen molar-refractivity contribution in [2.45, 2.75) is 212 Å². The zero-order valence-corrected chi connectivity index (χ0v) is 70.2. The number of rotatable bonds is 12. The maximum atomic E-state index is 8.85. The largest absolute Gasteiger partial charge is 0.437 e. The molecule has 586 valence electrons. The number of aryl methyl sites for hydroxylation is 8. The Balaban J connectivity index is 0.000000138. The lowest BCUT2D eigenvalue weighted by Crippen LogP contribution is -2.31. The van der Waals surface area contributed by atoms with Crippen molar-refractivity contribution < 1.29 is 53.8 Å². The molecule has 12 nitrogen and oxygen atoms in total. The minimum atomic E-state index is -2.68. The van der Waals surface area contributed by atoms with Crippen molar-refractivity contribution in [1.29, 1.82) is 0 Å². The molecule has 16 aromatic rings. The van der Waals surface area contributed by atoms with Gasteiger partial charge in [-0.25, -0.2) is 38.2 Å². The van der Waals surface area contributed by atoms with Gasteiger partial charge >= 0.3 is 0 Å². The normalized spacial score (nSPS) is 17.1. The summed E-state index contributed by atoms with van der Waals surface area (Å²) in [6, 6.07) is 49.2. The van der Waals surface area contributed by atoms with Crippen molar-refractivity contribution in [1.82, 2.24) is 19.9 Å². The van der Waals surface area contributed by atoms with Crippen molar-refractivity contribution in [3.8, 4) is 45.0 Å². The first kappa shape index (κ1) is 64.6. The summed E-state index contributed by atoms with van der Waals surface area (Å²) in [5, 5.41) is 7.64. The lowest BCUT2D eigenvalue weighted by atomic mass is 9.90. The fourth-order valence-corrected chi connectivity index (χ4v) is 15.8. The van der Waals surface area contributed by atoms with E-state index in [1.165, 1.54) is 41.7 Å². The van der Waals surface area contributed by atoms with E-state index in [2.05, 4.69) is 266 Å². The summed E-state index contributed by atoms with van der Waals surface area (Å²) < 4.78 is 138. The van der Waals surface area contributed by atoms with Crippen LogP contribution in [0.2, 0.25) is 0 Å². The smallest absolute Gasteiger partial charge is 0.227 e. The lowest BCUT2D eigenvalue weighted by molar-refractivity contribution is -0.661. The summed E-state index contributed by atoms with van der Waals surface area (Å²) in [6.07, 6.45) is 8.45. The summed E-state index contributed by atoms with van der Waals surface area (Å²) in [5.74, 6) is -1.14. The van der Waals surface area contributed by atoms with Crippen molar-refractivity contribution in [2.75, 3.05) is 0 Å². The topological polar surface area (TPSA) is 120 Å². The molecule has 0 N–H and O–H groups in total. The van der Waals surface area contributed by atoms with Gasteiger partial charge < -0.3 is 17.7 Å². The van der Waals surface area contributed by atoms with Crippen LogP contribution in [0.3, 0.4) is 0 Å². The molecule has 12 heterocycles. The van der Waals surface area contributed by atoms with E-state index in [-0.39, 0.29) is 18.3 Å². The van der Waals surface area contributed by atoms with Crippen LogP contribution in [0.4, 0.5) is 0 Å². The molecule has 114 heavy (non-hydrogen) atoms. The van der Waals surface area contributed by atoms with Gasteiger partial charge in [-0.3, -0.25) is 0 Å². The van der Waals surface area contributed by atoms with Gasteiger partial charge in [0.1, 0.15) is 28.2 Å². The van der Waals surface area contributed by atoms with Crippen LogP contribution in [0.15, 0.2) is 188 Å². The van der Waals surface area contributed by atoms with Crippen LogP contribution >= 0.6 is 0 Å². The van der Waals surface area contributed by atoms with Gasteiger partial charge in [0.2, 0.25) is 45.6 Å². The Kier molecular flexibility index (Phi) is 18.1. The third-order valence-electron chi connectivity index (χ3n) is 22.3. The van der Waals surface area contributed by atoms with Crippen LogP contribution in [-0.2, 0) is 46.4 Å². The molecule has 1 saturated carbocycles. The molecule has 0 bridgehead atoms. The highest BCUT2D eigenvalue weighted by molar-refractivity contribution is 6.12. The third-order valence-corrected chi connectivity index (χ3v) is 22.3. The monoisotopic (exact) mass is 1530 g/mol. The second kappa shape index (κ2) is 31.9. The molecule has 17 rings (SSSR count). The van der Waals surface area contributed by atoms with Crippen LogP contribution < -0.4 is 18.3 Å². The number of benzene rings is 4. The Morgan fingerprint density at radius 2 is 0.746 bits per heavy atom. The first-order valence-corrected chi connectivity index (χ1v) is 40.1. The number of pyridine rings is 8. The maximum Gasteiger partial charge on any atom is 0.227 e. The average molecular weight is 1530 g/mol. The van der Waals surface area contributed by atoms with E-state index in [9.17, 15) is 0 Å². The second-order valence-electron chi connectivity index (χ2n) is 34.0. The molecule has 12 heteroatoms. The van der Waals surface area contributed by atoms with Crippen LogP contribution in [0.1, 0.15) is 251 Å². The van der Waals surface area contributed by atoms with Crippen molar-refractivity contribution in [3.05, 3.63) is 238 Å². The van der Waals surface area contributed by atoms with Gasteiger partial charge in [-0.1, -0.05) is 172 Å². The van der Waals surface area contributed by atoms with E-state index >= 15 is 0 Å². The van der Waals surface area contributed by atoms with Crippen molar-refractivity contribution in [3.63, 3.8) is 0 Å². The van der Waals surface area contributed by atoms with Crippen LogP contribution in [0.25, 0.3) is 133 Å². The Morgan fingerprint density at radius 1 is 0.412 bits per heavy atom. The van der Waals surface area contributed by atoms with E-state index < -0.39 is 44.1 Å². The summed E-state index contributed by atoms with van der Waals surface area (Å²) in [4.78, 5) is 18.7. The summed E-state index contributed by atoms with van der Waals surface area (Å²) in [5.41, 5.74) is 23.7. The van der Waals surface area contributed by atoms with Gasteiger partial charge in [0.25, 0.3) is 0 Å². The van der Waals surface area contributed by atoms with Gasteiger partial charge in [0, 0.05) is 142 Å². The predicted molar refractivity (Wildman–Crippen MR) is 469 cm³/mol. The Labute approximate surface area is 692 Å². The fourth-order valence-electron chi connectivity index (χ4n) is 15.8. The van der Waals surface area contributed by atoms with Gasteiger partial charge in [-0.05, 0) is 183 Å². The van der Waals surface area contributed by atoms with Gasteiger partial charge in [0.05, 0.1) is 22.3 Å². The number of hydrogen-bond acceptors (Lipinski definition) is 8. The van der Waals surface area contributed by atoms with Gasteiger partial charge in [-0.2, -0.15) is 0 Å². The predicted octanol–water partition coefficient (Wildman–Crippen LogP) is 25.4. The van der Waals surface area contributed by atoms with E-state index in [1.54, 1.807) is 12.1 Å². The average Bonchev–Trinajstić information content (AvgIpc) is 1.59. The number of aromatic nitrogens is 8. The van der Waals surface area contributed by atoms with Crippen LogP contribution in [0, 0.1) is 39.0 Å². The molecule has 1 fully saturated rings. The summed E-state index contributed by atoms with van der Waals surface area (Å²) in [6.45, 7) is 27.3. The standard InChI is InChI=1S/C26H29N2O.C26H31N2O.2C25H29N2O/c1-16(2)19-10-14-23(28(4)15-19)24-17(3)9-11-20-21-12-13-22(18-7-5-6-8-18)27-26(21)29-25(20)24;1-16(2)18-9-13-22(28(7)15-18)23-17(3)8-11-20-21-12-10-19(14-26(4,5)6)27-25(21)29-24(20)23;1-15(2)17-9-12-20(27(7)14-17)22-16(3)8-10-18-19-11-13-21(25(4,5)6)26-24(19)28-23(18)22;1-15(2)13-19-9-11-21-20-10-7-17(5)23(24(20)28-25(21)26-19)22-12-8-18(16(3)4)14-27(22)6/h9-16,18H,5-8H2,1-4H3;8-13,15-16H,14H2,1-7H3;8-15H,1-7H3;7-12,14-16H,13H2,1-6H3/q4*+1/i7D2,18D;4D3,5D3;;1D3,15D. The molecule has 1 aliphatic carbocycles. The van der Waals surface area contributed by atoms with E-state index in [0.717, 1.165) is 133 Å². The zero-order valence-electron chi connectivity index (χ0n) is 83.2. The molecule has 0 aliphatic heterocycles. The second-order valence-corrected chi connectivity index (χ2v) is 34.0. The fraction of sp³-hybridized carbons (Fsp3) is 0.373. The number of nitrogens with zero attached hydrogens (tertiary/aromatic N) is 8. The quantitative estimate of drug-likeness (QED) is 0.111. The first-order valence-electron chi connectivity index (χ1n) is 46.6. The van der Waals surface area contributed by atoms with Crippen molar-refractivity contribution >= 4 is 88.3 Å². The first-order chi connectivity index (χ1) is 59.3. The van der Waals surface area contributed by atoms with E-state index in [0.29, 0.717) is 82.7 Å². The Hall–Kier alpha value is -10.7.